The third kappa shape index (κ3) is 2.84. The molecule has 0 amide bonds. The Bertz CT molecular complexity index is 1220. The van der Waals surface area contributed by atoms with Gasteiger partial charge in [0.1, 0.15) is 0 Å². The Hall–Kier alpha value is -2.23. The summed E-state index contributed by atoms with van der Waals surface area (Å²) in [6.07, 6.45) is 5.44. The molecule has 0 aliphatic rings. The van der Waals surface area contributed by atoms with E-state index in [9.17, 15) is 0 Å². The van der Waals surface area contributed by atoms with Gasteiger partial charge in [0.05, 0.1) is 5.52 Å². The quantitative estimate of drug-likeness (QED) is 0.308. The van der Waals surface area contributed by atoms with Gasteiger partial charge in [0.15, 0.2) is 0 Å². The topological polar surface area (TPSA) is 38.7 Å². The van der Waals surface area contributed by atoms with E-state index in [4.69, 9.17) is 4.98 Å². The average Bonchev–Trinajstić information content (AvgIpc) is 2.67. The SMILES string of the molecule is [Y].[c-]1cc2ccncc2cc1-c1[c-]cc2ccc3cccnc3c2n1. The summed E-state index contributed by atoms with van der Waals surface area (Å²) in [7, 11) is 0. The first-order valence-corrected chi connectivity index (χ1v) is 7.70. The van der Waals surface area contributed by atoms with Crippen molar-refractivity contribution in [3.63, 3.8) is 0 Å². The van der Waals surface area contributed by atoms with Gasteiger partial charge in [-0.1, -0.05) is 34.4 Å². The molecule has 3 nitrogen and oxygen atoms in total. The van der Waals surface area contributed by atoms with Gasteiger partial charge in [-0.3, -0.25) is 9.97 Å². The number of rotatable bonds is 1. The second kappa shape index (κ2) is 6.59. The van der Waals surface area contributed by atoms with Gasteiger partial charge in [0.25, 0.3) is 0 Å². The van der Waals surface area contributed by atoms with E-state index in [1.807, 2.05) is 42.6 Å². The molecular weight excluding hydrogens is 383 g/mol. The van der Waals surface area contributed by atoms with E-state index >= 15 is 0 Å². The van der Waals surface area contributed by atoms with E-state index in [0.717, 1.165) is 43.8 Å². The molecule has 4 heteroatoms. The zero-order valence-corrected chi connectivity index (χ0v) is 16.1. The third-order valence-corrected chi connectivity index (χ3v) is 4.19. The maximum atomic E-state index is 4.81. The zero-order chi connectivity index (χ0) is 15.9. The molecular formula is C21H11N3Y-2. The first-order valence-electron chi connectivity index (χ1n) is 7.70. The van der Waals surface area contributed by atoms with Crippen LogP contribution in [0.25, 0.3) is 43.8 Å². The summed E-state index contributed by atoms with van der Waals surface area (Å²) in [5.74, 6) is 0. The van der Waals surface area contributed by atoms with Gasteiger partial charge in [-0.15, -0.1) is 11.8 Å². The summed E-state index contributed by atoms with van der Waals surface area (Å²) in [6.45, 7) is 0. The number of hydrogen-bond donors (Lipinski definition) is 0. The average molecular weight is 394 g/mol. The van der Waals surface area contributed by atoms with E-state index in [1.165, 1.54) is 0 Å². The Morgan fingerprint density at radius 2 is 1.64 bits per heavy atom. The van der Waals surface area contributed by atoms with Crippen LogP contribution in [0.1, 0.15) is 0 Å². The van der Waals surface area contributed by atoms with Gasteiger partial charge in [-0.2, -0.15) is 18.2 Å². The Balaban J connectivity index is 0.00000157. The zero-order valence-electron chi connectivity index (χ0n) is 13.3. The molecule has 25 heavy (non-hydrogen) atoms. The standard InChI is InChI=1S/C21H11N3.Y/c1-2-15-4-5-16-7-8-19(24-21(16)20(15)23-10-1)17-6-3-14-9-11-22-13-18(14)12-17;/h1-5,7,9-13H;/q-2;. The molecule has 1 radical (unpaired) electrons. The molecule has 5 rings (SSSR count). The number of hydrogen-bond acceptors (Lipinski definition) is 3. The third-order valence-electron chi connectivity index (χ3n) is 4.19. The van der Waals surface area contributed by atoms with Crippen LogP contribution in [0.15, 0.2) is 67.1 Å². The fourth-order valence-electron chi connectivity index (χ4n) is 2.97. The molecule has 0 saturated heterocycles. The fourth-order valence-corrected chi connectivity index (χ4v) is 2.97. The number of benzene rings is 2. The van der Waals surface area contributed by atoms with Crippen LogP contribution in [-0.4, -0.2) is 15.0 Å². The van der Waals surface area contributed by atoms with Crippen molar-refractivity contribution in [2.24, 2.45) is 0 Å². The van der Waals surface area contributed by atoms with Crippen LogP contribution < -0.4 is 0 Å². The van der Waals surface area contributed by atoms with Gasteiger partial charge in [0.2, 0.25) is 0 Å². The summed E-state index contributed by atoms with van der Waals surface area (Å²) in [6, 6.07) is 22.6. The summed E-state index contributed by atoms with van der Waals surface area (Å²) < 4.78 is 0. The Kier molecular flexibility index (Phi) is 4.28. The second-order valence-corrected chi connectivity index (χ2v) is 5.68. The van der Waals surface area contributed by atoms with Crippen LogP contribution in [0.4, 0.5) is 0 Å². The van der Waals surface area contributed by atoms with Crippen LogP contribution in [-0.2, 0) is 32.7 Å². The first-order chi connectivity index (χ1) is 11.9. The van der Waals surface area contributed by atoms with Crippen molar-refractivity contribution in [1.82, 2.24) is 15.0 Å². The van der Waals surface area contributed by atoms with Crippen molar-refractivity contribution in [2.75, 3.05) is 0 Å². The molecule has 3 heterocycles. The van der Waals surface area contributed by atoms with Crippen molar-refractivity contribution >= 4 is 32.6 Å². The van der Waals surface area contributed by atoms with Gasteiger partial charge < -0.3 is 4.98 Å². The van der Waals surface area contributed by atoms with E-state index in [1.54, 1.807) is 12.4 Å². The van der Waals surface area contributed by atoms with Crippen LogP contribution in [0.5, 0.6) is 0 Å². The molecule has 2 aromatic carbocycles. The molecule has 0 unspecified atom stereocenters. The Morgan fingerprint density at radius 3 is 2.60 bits per heavy atom. The minimum atomic E-state index is 0. The fraction of sp³-hybridized carbons (Fsp3) is 0. The summed E-state index contributed by atoms with van der Waals surface area (Å²) >= 11 is 0. The van der Waals surface area contributed by atoms with Crippen LogP contribution in [0, 0.1) is 12.1 Å². The monoisotopic (exact) mass is 394 g/mol. The first kappa shape index (κ1) is 16.3. The molecule has 0 bridgehead atoms. The maximum absolute atomic E-state index is 4.81. The smallest absolute Gasteiger partial charge is 0.0829 e. The molecule has 5 aromatic rings. The molecule has 3 aromatic heterocycles. The van der Waals surface area contributed by atoms with Crippen LogP contribution in [0.2, 0.25) is 0 Å². The number of aromatic nitrogens is 3. The molecule has 0 saturated carbocycles. The van der Waals surface area contributed by atoms with Crippen molar-refractivity contribution < 1.29 is 32.7 Å². The summed E-state index contributed by atoms with van der Waals surface area (Å²) in [5.41, 5.74) is 3.48. The van der Waals surface area contributed by atoms with Crippen molar-refractivity contribution in [2.45, 2.75) is 0 Å². The molecule has 0 atom stereocenters. The Morgan fingerprint density at radius 1 is 0.760 bits per heavy atom. The van der Waals surface area contributed by atoms with E-state index in [2.05, 4.69) is 34.2 Å². The molecule has 0 spiro atoms. The van der Waals surface area contributed by atoms with Gasteiger partial charge >= 0.3 is 0 Å². The summed E-state index contributed by atoms with van der Waals surface area (Å²) in [4.78, 5) is 13.5. The van der Waals surface area contributed by atoms with Crippen LogP contribution >= 0.6 is 0 Å². The van der Waals surface area contributed by atoms with Gasteiger partial charge in [-0.25, -0.2) is 17.7 Å². The molecule has 0 fully saturated rings. The molecule has 115 valence electrons. The minimum absolute atomic E-state index is 0. The Labute approximate surface area is 170 Å². The minimum Gasteiger partial charge on any atom is -0.333 e. The maximum Gasteiger partial charge on any atom is 0.0829 e. The number of pyridine rings is 3. The van der Waals surface area contributed by atoms with Crippen LogP contribution in [0.3, 0.4) is 0 Å². The molecule has 0 aliphatic carbocycles. The van der Waals surface area contributed by atoms with E-state index in [0.29, 0.717) is 0 Å². The number of fused-ring (bicyclic) bond motifs is 4. The predicted octanol–water partition coefficient (Wildman–Crippen LogP) is 4.60. The molecule has 0 aliphatic heterocycles. The number of nitrogens with zero attached hydrogens (tertiary/aromatic N) is 3. The van der Waals surface area contributed by atoms with E-state index < -0.39 is 0 Å². The summed E-state index contributed by atoms with van der Waals surface area (Å²) in [5, 5.41) is 4.30. The van der Waals surface area contributed by atoms with Gasteiger partial charge in [0, 0.05) is 62.2 Å². The van der Waals surface area contributed by atoms with Crippen molar-refractivity contribution in [3.8, 4) is 11.3 Å². The van der Waals surface area contributed by atoms with Crippen molar-refractivity contribution in [1.29, 1.82) is 0 Å². The predicted molar refractivity (Wildman–Crippen MR) is 95.5 cm³/mol. The van der Waals surface area contributed by atoms with E-state index in [-0.39, 0.29) is 32.7 Å². The second-order valence-electron chi connectivity index (χ2n) is 5.68. The van der Waals surface area contributed by atoms with Gasteiger partial charge in [-0.05, 0) is 6.07 Å². The molecule has 0 N–H and O–H groups in total. The normalized spacial score (nSPS) is 10.9. The van der Waals surface area contributed by atoms with Crippen molar-refractivity contribution in [3.05, 3.63) is 79.3 Å². The largest absolute Gasteiger partial charge is 0.333 e.